The van der Waals surface area contributed by atoms with Crippen LogP contribution in [0.2, 0.25) is 0 Å². The number of hydrogen-bond donors (Lipinski definition) is 0. The van der Waals surface area contributed by atoms with Gasteiger partial charge in [-0.05, 0) is 19.0 Å². The molecule has 0 atom stereocenters. The molecule has 0 aliphatic heterocycles. The van der Waals surface area contributed by atoms with E-state index >= 15 is 0 Å². The van der Waals surface area contributed by atoms with Crippen molar-refractivity contribution in [3.05, 3.63) is 12.3 Å². The van der Waals surface area contributed by atoms with Gasteiger partial charge in [-0.3, -0.25) is 0 Å². The zero-order valence-corrected chi connectivity index (χ0v) is 8.84. The first kappa shape index (κ1) is 11.5. The van der Waals surface area contributed by atoms with Crippen molar-refractivity contribution in [1.29, 1.82) is 0 Å². The van der Waals surface area contributed by atoms with Crippen LogP contribution in [-0.4, -0.2) is 18.5 Å². The molecule has 0 N–H and O–H groups in total. The summed E-state index contributed by atoms with van der Waals surface area (Å²) in [5.41, 5.74) is 0. The fraction of sp³-hybridized carbons (Fsp3) is 0.818. The van der Waals surface area contributed by atoms with Crippen molar-refractivity contribution in [2.24, 2.45) is 0 Å². The predicted molar refractivity (Wildman–Crippen MR) is 56.2 cm³/mol. The largest absolute Gasteiger partial charge is 0.381 e. The highest BCUT2D eigenvalue weighted by Crippen LogP contribution is 1.97. The van der Waals surface area contributed by atoms with E-state index in [1.54, 1.807) is 0 Å². The molecule has 0 heterocycles. The molecule has 0 saturated carbocycles. The Bertz CT molecular complexity index is 108. The zero-order chi connectivity index (χ0) is 9.23. The second kappa shape index (κ2) is 8.63. The molecule has 0 amide bonds. The van der Waals surface area contributed by atoms with Gasteiger partial charge in [0.15, 0.2) is 0 Å². The summed E-state index contributed by atoms with van der Waals surface area (Å²) in [7, 11) is 2.15. The molecule has 0 fully saturated rings. The van der Waals surface area contributed by atoms with Gasteiger partial charge in [0.25, 0.3) is 0 Å². The van der Waals surface area contributed by atoms with Crippen molar-refractivity contribution in [3.8, 4) is 0 Å². The van der Waals surface area contributed by atoms with Gasteiger partial charge < -0.3 is 4.90 Å². The Hall–Kier alpha value is -0.460. The minimum Gasteiger partial charge on any atom is -0.381 e. The fourth-order valence-corrected chi connectivity index (χ4v) is 1.06. The van der Waals surface area contributed by atoms with Gasteiger partial charge in [0.2, 0.25) is 0 Å². The third-order valence-electron chi connectivity index (χ3n) is 1.95. The molecule has 0 aliphatic carbocycles. The Morgan fingerprint density at radius 3 is 2.33 bits per heavy atom. The lowest BCUT2D eigenvalue weighted by Crippen LogP contribution is -2.11. The molecule has 0 aromatic rings. The van der Waals surface area contributed by atoms with Crippen molar-refractivity contribution in [2.75, 3.05) is 13.6 Å². The Labute approximate surface area is 77.5 Å². The zero-order valence-electron chi connectivity index (χ0n) is 8.84. The maximum Gasteiger partial charge on any atom is 0.0169 e. The summed E-state index contributed by atoms with van der Waals surface area (Å²) >= 11 is 0. The Balaban J connectivity index is 3.27. The van der Waals surface area contributed by atoms with Crippen LogP contribution in [0.25, 0.3) is 0 Å². The molecule has 0 saturated heterocycles. The number of hydrogen-bond acceptors (Lipinski definition) is 1. The van der Waals surface area contributed by atoms with Gasteiger partial charge in [0.1, 0.15) is 0 Å². The lowest BCUT2D eigenvalue weighted by Gasteiger charge is -2.12. The number of nitrogens with zero attached hydrogens (tertiary/aromatic N) is 1. The topological polar surface area (TPSA) is 3.24 Å². The first-order valence-corrected chi connectivity index (χ1v) is 5.18. The Kier molecular flexibility index (Phi) is 8.30. The van der Waals surface area contributed by atoms with E-state index in [-0.39, 0.29) is 0 Å². The van der Waals surface area contributed by atoms with E-state index in [2.05, 4.69) is 38.1 Å². The first-order valence-electron chi connectivity index (χ1n) is 5.18. The maximum atomic E-state index is 2.28. The van der Waals surface area contributed by atoms with E-state index in [1.165, 1.54) is 38.6 Å². The van der Waals surface area contributed by atoms with Gasteiger partial charge in [-0.15, -0.1) is 0 Å². The molecule has 0 aromatic heterocycles. The molecule has 0 bridgehead atoms. The normalized spacial score (nSPS) is 10.9. The predicted octanol–water partition coefficient (Wildman–Crippen LogP) is 3.42. The molecule has 0 aromatic carbocycles. The highest BCUT2D eigenvalue weighted by molar-refractivity contribution is 4.80. The Morgan fingerprint density at radius 1 is 1.08 bits per heavy atom. The lowest BCUT2D eigenvalue weighted by atomic mass is 10.2. The molecular weight excluding hydrogens is 146 g/mol. The minimum absolute atomic E-state index is 1.19. The summed E-state index contributed by atoms with van der Waals surface area (Å²) in [4.78, 5) is 2.28. The average Bonchev–Trinajstić information content (AvgIpc) is 2.09. The summed E-state index contributed by atoms with van der Waals surface area (Å²) in [5.74, 6) is 0. The van der Waals surface area contributed by atoms with E-state index in [4.69, 9.17) is 0 Å². The van der Waals surface area contributed by atoms with Crippen LogP contribution in [0.5, 0.6) is 0 Å². The number of unbranched alkanes of at least 4 members (excludes halogenated alkanes) is 3. The van der Waals surface area contributed by atoms with Crippen LogP contribution < -0.4 is 0 Å². The van der Waals surface area contributed by atoms with Gasteiger partial charge >= 0.3 is 0 Å². The monoisotopic (exact) mass is 169 g/mol. The van der Waals surface area contributed by atoms with Crippen LogP contribution in [0.1, 0.15) is 46.0 Å². The summed E-state index contributed by atoms with van der Waals surface area (Å²) in [6.45, 7) is 5.66. The summed E-state index contributed by atoms with van der Waals surface area (Å²) in [5, 5.41) is 0. The van der Waals surface area contributed by atoms with Crippen LogP contribution >= 0.6 is 0 Å². The molecule has 0 aliphatic rings. The molecular formula is C11H23N. The maximum absolute atomic E-state index is 2.28. The number of rotatable bonds is 7. The van der Waals surface area contributed by atoms with Gasteiger partial charge in [-0.1, -0.05) is 39.2 Å². The SMILES string of the molecule is CCCCC=CN(C)CCCC. The van der Waals surface area contributed by atoms with Gasteiger partial charge in [-0.2, -0.15) is 0 Å². The quantitative estimate of drug-likeness (QED) is 0.528. The molecule has 1 nitrogen and oxygen atoms in total. The van der Waals surface area contributed by atoms with Crippen LogP contribution in [-0.2, 0) is 0 Å². The van der Waals surface area contributed by atoms with E-state index < -0.39 is 0 Å². The second-order valence-electron chi connectivity index (χ2n) is 3.36. The van der Waals surface area contributed by atoms with Gasteiger partial charge in [0.05, 0.1) is 0 Å². The highest BCUT2D eigenvalue weighted by atomic mass is 15.1. The summed E-state index contributed by atoms with van der Waals surface area (Å²) in [6, 6.07) is 0. The second-order valence-corrected chi connectivity index (χ2v) is 3.36. The number of allylic oxidation sites excluding steroid dienone is 1. The smallest absolute Gasteiger partial charge is 0.0169 e. The minimum atomic E-state index is 1.19. The van der Waals surface area contributed by atoms with Gasteiger partial charge in [-0.25, -0.2) is 0 Å². The van der Waals surface area contributed by atoms with E-state index in [9.17, 15) is 0 Å². The standard InChI is InChI=1S/C11H23N/c1-4-6-8-9-11-12(3)10-7-5-2/h9,11H,4-8,10H2,1-3H3. The van der Waals surface area contributed by atoms with Gasteiger partial charge in [0, 0.05) is 13.6 Å². The fourth-order valence-electron chi connectivity index (χ4n) is 1.06. The average molecular weight is 169 g/mol. The summed E-state index contributed by atoms with van der Waals surface area (Å²) in [6.07, 6.45) is 10.9. The van der Waals surface area contributed by atoms with Crippen LogP contribution in [0.15, 0.2) is 12.3 Å². The molecule has 1 heteroatoms. The lowest BCUT2D eigenvalue weighted by molar-refractivity contribution is 0.439. The van der Waals surface area contributed by atoms with E-state index in [1.807, 2.05) is 0 Å². The van der Waals surface area contributed by atoms with E-state index in [0.29, 0.717) is 0 Å². The Morgan fingerprint density at radius 2 is 1.75 bits per heavy atom. The van der Waals surface area contributed by atoms with Crippen molar-refractivity contribution in [2.45, 2.75) is 46.0 Å². The van der Waals surface area contributed by atoms with Crippen molar-refractivity contribution >= 4 is 0 Å². The van der Waals surface area contributed by atoms with Crippen molar-refractivity contribution < 1.29 is 0 Å². The third-order valence-corrected chi connectivity index (χ3v) is 1.95. The molecule has 0 radical (unpaired) electrons. The van der Waals surface area contributed by atoms with Crippen LogP contribution in [0.3, 0.4) is 0 Å². The molecule has 72 valence electrons. The first-order chi connectivity index (χ1) is 5.81. The van der Waals surface area contributed by atoms with E-state index in [0.717, 1.165) is 0 Å². The molecule has 12 heavy (non-hydrogen) atoms. The molecule has 0 unspecified atom stereocenters. The highest BCUT2D eigenvalue weighted by Gasteiger charge is 1.88. The summed E-state index contributed by atoms with van der Waals surface area (Å²) < 4.78 is 0. The third kappa shape index (κ3) is 7.64. The molecule has 0 spiro atoms. The molecule has 0 rings (SSSR count). The van der Waals surface area contributed by atoms with Crippen LogP contribution in [0.4, 0.5) is 0 Å². The van der Waals surface area contributed by atoms with Crippen molar-refractivity contribution in [1.82, 2.24) is 4.90 Å². The van der Waals surface area contributed by atoms with Crippen molar-refractivity contribution in [3.63, 3.8) is 0 Å². The van der Waals surface area contributed by atoms with Crippen LogP contribution in [0, 0.1) is 0 Å².